The number of halogens is 4. The minimum Gasteiger partial charge on any atom is -0.470 e. The van der Waals surface area contributed by atoms with Crippen molar-refractivity contribution in [1.82, 2.24) is 0 Å². The minimum atomic E-state index is -4.68. The highest BCUT2D eigenvalue weighted by molar-refractivity contribution is 9.10. The van der Waals surface area contributed by atoms with Crippen molar-refractivity contribution in [3.05, 3.63) is 45.4 Å². The van der Waals surface area contributed by atoms with Gasteiger partial charge in [0.15, 0.2) is 5.75 Å². The van der Waals surface area contributed by atoms with Gasteiger partial charge in [-0.05, 0) is 34.1 Å². The number of hydrogen-bond acceptors (Lipinski definition) is 3. The Bertz CT molecular complexity index is 476. The van der Waals surface area contributed by atoms with Gasteiger partial charge >= 0.3 is 11.9 Å². The molecule has 4 nitrogen and oxygen atoms in total. The van der Waals surface area contributed by atoms with Crippen LogP contribution in [0.4, 0.5) is 18.9 Å². The number of nitro benzene ring substituents is 1. The molecule has 8 heteroatoms. The molecule has 1 atom stereocenters. The van der Waals surface area contributed by atoms with Crippen molar-refractivity contribution < 1.29 is 22.8 Å². The first kappa shape index (κ1) is 14.5. The highest BCUT2D eigenvalue weighted by Crippen LogP contribution is 2.37. The van der Waals surface area contributed by atoms with Gasteiger partial charge in [0.25, 0.3) is 0 Å². The van der Waals surface area contributed by atoms with Crippen molar-refractivity contribution >= 4 is 21.6 Å². The molecule has 1 aromatic carbocycles. The molecule has 18 heavy (non-hydrogen) atoms. The summed E-state index contributed by atoms with van der Waals surface area (Å²) in [5.74, 6) is -0.475. The van der Waals surface area contributed by atoms with E-state index in [1.807, 2.05) is 0 Å². The average molecular weight is 326 g/mol. The lowest BCUT2D eigenvalue weighted by atomic mass is 10.3. The number of nitrogens with zero attached hydrogens (tertiary/aromatic N) is 1. The zero-order valence-corrected chi connectivity index (χ0v) is 10.4. The number of nitro groups is 1. The smallest absolute Gasteiger partial charge is 0.429 e. The van der Waals surface area contributed by atoms with E-state index >= 15 is 0 Å². The first-order valence-electron chi connectivity index (χ1n) is 4.56. The molecule has 0 spiro atoms. The van der Waals surface area contributed by atoms with Gasteiger partial charge < -0.3 is 4.74 Å². The van der Waals surface area contributed by atoms with Crippen LogP contribution < -0.4 is 4.74 Å². The Hall–Kier alpha value is -1.57. The summed E-state index contributed by atoms with van der Waals surface area (Å²) in [6.07, 6.45) is -6.45. The zero-order valence-electron chi connectivity index (χ0n) is 8.78. The van der Waals surface area contributed by atoms with Crippen LogP contribution in [0.15, 0.2) is 35.3 Å². The molecule has 0 amide bonds. The third kappa shape index (κ3) is 3.22. The molecule has 1 aromatic rings. The fraction of sp³-hybridized carbons (Fsp3) is 0.200. The van der Waals surface area contributed by atoms with E-state index in [9.17, 15) is 23.3 Å². The Morgan fingerprint density at radius 3 is 2.56 bits per heavy atom. The fourth-order valence-corrected chi connectivity index (χ4v) is 1.65. The predicted molar refractivity (Wildman–Crippen MR) is 61.5 cm³/mol. The average Bonchev–Trinajstić information content (AvgIpc) is 2.23. The van der Waals surface area contributed by atoms with Gasteiger partial charge in [-0.1, -0.05) is 12.6 Å². The van der Waals surface area contributed by atoms with Gasteiger partial charge in [-0.25, -0.2) is 0 Å². The van der Waals surface area contributed by atoms with Gasteiger partial charge in [-0.2, -0.15) is 13.2 Å². The summed E-state index contributed by atoms with van der Waals surface area (Å²) in [7, 11) is 0. The van der Waals surface area contributed by atoms with Crippen molar-refractivity contribution in [2.24, 2.45) is 0 Å². The van der Waals surface area contributed by atoms with E-state index in [1.165, 1.54) is 12.1 Å². The van der Waals surface area contributed by atoms with Crippen molar-refractivity contribution in [3.8, 4) is 5.75 Å². The van der Waals surface area contributed by atoms with Crippen LogP contribution >= 0.6 is 15.9 Å². The fourth-order valence-electron chi connectivity index (χ4n) is 1.15. The first-order valence-corrected chi connectivity index (χ1v) is 5.35. The van der Waals surface area contributed by atoms with Crippen LogP contribution in [0.3, 0.4) is 0 Å². The second kappa shape index (κ2) is 5.38. The minimum absolute atomic E-state index is 0.0370. The molecule has 1 unspecified atom stereocenters. The molecule has 0 aliphatic rings. The SMILES string of the molecule is C=CC(Oc1cccc(Br)c1[N+](=O)[O-])C(F)(F)F. The first-order chi connectivity index (χ1) is 8.27. The standard InChI is InChI=1S/C10H7BrF3NO3/c1-2-8(10(12,13)14)18-7-5-3-4-6(11)9(7)15(16)17/h2-5,8H,1H2. The quantitative estimate of drug-likeness (QED) is 0.480. The lowest BCUT2D eigenvalue weighted by Gasteiger charge is -2.18. The van der Waals surface area contributed by atoms with Gasteiger partial charge in [-0.3, -0.25) is 10.1 Å². The number of benzene rings is 1. The molecule has 0 radical (unpaired) electrons. The summed E-state index contributed by atoms with van der Waals surface area (Å²) < 4.78 is 42.0. The number of rotatable bonds is 4. The topological polar surface area (TPSA) is 52.4 Å². The van der Waals surface area contributed by atoms with Gasteiger partial charge in [-0.15, -0.1) is 0 Å². The van der Waals surface area contributed by atoms with Crippen LogP contribution in [0.2, 0.25) is 0 Å². The normalized spacial score (nSPS) is 12.9. The number of ether oxygens (including phenoxy) is 1. The number of para-hydroxylation sites is 1. The van der Waals surface area contributed by atoms with Gasteiger partial charge in [0.1, 0.15) is 0 Å². The molecule has 0 aliphatic carbocycles. The summed E-state index contributed by atoms with van der Waals surface area (Å²) in [5.41, 5.74) is -0.561. The molecule has 0 aliphatic heterocycles. The van der Waals surface area contributed by atoms with Crippen molar-refractivity contribution in [2.75, 3.05) is 0 Å². The van der Waals surface area contributed by atoms with Gasteiger partial charge in [0.2, 0.25) is 6.10 Å². The zero-order chi connectivity index (χ0) is 13.9. The Morgan fingerprint density at radius 2 is 2.11 bits per heavy atom. The molecule has 0 aromatic heterocycles. The summed E-state index contributed by atoms with van der Waals surface area (Å²) in [6.45, 7) is 2.99. The molecule has 0 bridgehead atoms. The van der Waals surface area contributed by atoms with Crippen LogP contribution in [-0.4, -0.2) is 17.2 Å². The summed E-state index contributed by atoms with van der Waals surface area (Å²) >= 11 is 2.88. The third-order valence-corrected chi connectivity index (χ3v) is 2.56. The number of alkyl halides is 3. The molecule has 0 N–H and O–H groups in total. The highest BCUT2D eigenvalue weighted by atomic mass is 79.9. The molecule has 98 valence electrons. The maximum Gasteiger partial charge on any atom is 0.429 e. The van der Waals surface area contributed by atoms with Crippen molar-refractivity contribution in [3.63, 3.8) is 0 Å². The van der Waals surface area contributed by atoms with E-state index in [2.05, 4.69) is 27.2 Å². The third-order valence-electron chi connectivity index (χ3n) is 1.92. The van der Waals surface area contributed by atoms with E-state index in [0.717, 1.165) is 6.07 Å². The Labute approximate surface area is 108 Å². The Balaban J connectivity index is 3.15. The van der Waals surface area contributed by atoms with E-state index in [0.29, 0.717) is 6.08 Å². The molecular weight excluding hydrogens is 319 g/mol. The summed E-state index contributed by atoms with van der Waals surface area (Å²) in [4.78, 5) is 9.93. The lowest BCUT2D eigenvalue weighted by molar-refractivity contribution is -0.387. The van der Waals surface area contributed by atoms with Gasteiger partial charge in [0, 0.05) is 0 Å². The largest absolute Gasteiger partial charge is 0.470 e. The second-order valence-corrected chi connectivity index (χ2v) is 4.01. The molecule has 0 heterocycles. The molecule has 0 saturated carbocycles. The lowest BCUT2D eigenvalue weighted by Crippen LogP contribution is -2.32. The Kier molecular flexibility index (Phi) is 4.33. The van der Waals surface area contributed by atoms with E-state index in [-0.39, 0.29) is 4.47 Å². The molecule has 0 fully saturated rings. The highest BCUT2D eigenvalue weighted by Gasteiger charge is 2.40. The van der Waals surface area contributed by atoms with Crippen LogP contribution in [0.1, 0.15) is 0 Å². The maximum atomic E-state index is 12.5. The van der Waals surface area contributed by atoms with Crippen LogP contribution in [0.25, 0.3) is 0 Å². The monoisotopic (exact) mass is 325 g/mol. The molecule has 0 saturated heterocycles. The predicted octanol–water partition coefficient (Wildman–Crippen LogP) is 3.85. The molecular formula is C10H7BrF3NO3. The van der Waals surface area contributed by atoms with Gasteiger partial charge in [0.05, 0.1) is 9.40 Å². The maximum absolute atomic E-state index is 12.5. The van der Waals surface area contributed by atoms with Crippen LogP contribution in [-0.2, 0) is 0 Å². The number of hydrogen-bond donors (Lipinski definition) is 0. The van der Waals surface area contributed by atoms with E-state index in [4.69, 9.17) is 0 Å². The van der Waals surface area contributed by atoms with Crippen molar-refractivity contribution in [2.45, 2.75) is 12.3 Å². The second-order valence-electron chi connectivity index (χ2n) is 3.16. The molecule has 1 rings (SSSR count). The summed E-state index contributed by atoms with van der Waals surface area (Å²) in [5, 5.41) is 10.8. The Morgan fingerprint density at radius 1 is 1.50 bits per heavy atom. The van der Waals surface area contributed by atoms with E-state index in [1.54, 1.807) is 0 Å². The van der Waals surface area contributed by atoms with E-state index < -0.39 is 28.6 Å². The van der Waals surface area contributed by atoms with Crippen LogP contribution in [0, 0.1) is 10.1 Å². The van der Waals surface area contributed by atoms with Crippen LogP contribution in [0.5, 0.6) is 5.75 Å². The summed E-state index contributed by atoms with van der Waals surface area (Å²) in [6, 6.07) is 3.76. The van der Waals surface area contributed by atoms with Crippen molar-refractivity contribution in [1.29, 1.82) is 0 Å².